The number of anilines is 2. The van der Waals surface area contributed by atoms with Gasteiger partial charge in [-0.25, -0.2) is 22.2 Å². The predicted molar refractivity (Wildman–Crippen MR) is 119 cm³/mol. The molecule has 6 nitrogen and oxygen atoms in total. The zero-order valence-electron chi connectivity index (χ0n) is 17.7. The van der Waals surface area contributed by atoms with Crippen molar-refractivity contribution in [3.8, 4) is 0 Å². The summed E-state index contributed by atoms with van der Waals surface area (Å²) in [6, 6.07) is 0.948. The van der Waals surface area contributed by atoms with Crippen molar-refractivity contribution < 1.29 is 21.6 Å². The standard InChI is InChI=1S/C20H24ClF3N4O2S2/c1-20(2)4-6-27(11-20)9-12-3-5-28(10-12)14-7-13(22)18(17(24)16(14)21)32(29,30)26-19-25-8-15(23)31-19/h7-8,12H,3-6,9-11H2,1-2H3,(H,25,26). The summed E-state index contributed by atoms with van der Waals surface area (Å²) >= 11 is 6.56. The van der Waals surface area contributed by atoms with Crippen molar-refractivity contribution in [2.45, 2.75) is 31.6 Å². The van der Waals surface area contributed by atoms with E-state index >= 15 is 0 Å². The van der Waals surface area contributed by atoms with E-state index in [0.29, 0.717) is 35.8 Å². The summed E-state index contributed by atoms with van der Waals surface area (Å²) in [5, 5.41) is -1.54. The Hall–Kier alpha value is -1.56. The van der Waals surface area contributed by atoms with Crippen LogP contribution in [0, 0.1) is 28.1 Å². The molecule has 0 bridgehead atoms. The molecule has 1 aromatic heterocycles. The maximum atomic E-state index is 15.0. The molecule has 0 spiro atoms. The van der Waals surface area contributed by atoms with Crippen molar-refractivity contribution in [2.24, 2.45) is 11.3 Å². The number of nitrogens with zero attached hydrogens (tertiary/aromatic N) is 3. The van der Waals surface area contributed by atoms with Gasteiger partial charge in [0.1, 0.15) is 10.8 Å². The molecular weight excluding hydrogens is 485 g/mol. The second-order valence-electron chi connectivity index (χ2n) is 9.16. The molecule has 1 unspecified atom stereocenters. The molecule has 2 aliphatic rings. The molecule has 2 aliphatic heterocycles. The minimum Gasteiger partial charge on any atom is -0.370 e. The topological polar surface area (TPSA) is 65.5 Å². The molecule has 4 rings (SSSR count). The zero-order valence-corrected chi connectivity index (χ0v) is 20.1. The molecule has 1 N–H and O–H groups in total. The predicted octanol–water partition coefficient (Wildman–Crippen LogP) is 4.57. The van der Waals surface area contributed by atoms with E-state index in [4.69, 9.17) is 11.6 Å². The molecule has 3 heterocycles. The van der Waals surface area contributed by atoms with Gasteiger partial charge >= 0.3 is 0 Å². The Balaban J connectivity index is 1.51. The third-order valence-corrected chi connectivity index (χ3v) is 8.53. The van der Waals surface area contributed by atoms with Gasteiger partial charge in [0.15, 0.2) is 21.0 Å². The van der Waals surface area contributed by atoms with Crippen molar-refractivity contribution in [3.63, 3.8) is 0 Å². The molecule has 2 fully saturated rings. The Morgan fingerprint density at radius 3 is 2.69 bits per heavy atom. The van der Waals surface area contributed by atoms with E-state index < -0.39 is 36.7 Å². The van der Waals surface area contributed by atoms with Gasteiger partial charge in [-0.2, -0.15) is 4.39 Å². The van der Waals surface area contributed by atoms with Crippen LogP contribution in [0.1, 0.15) is 26.7 Å². The summed E-state index contributed by atoms with van der Waals surface area (Å²) in [5.41, 5.74) is 0.429. The van der Waals surface area contributed by atoms with Crippen LogP contribution in [0.25, 0.3) is 0 Å². The summed E-state index contributed by atoms with van der Waals surface area (Å²) in [6.07, 6.45) is 2.80. The van der Waals surface area contributed by atoms with Gasteiger partial charge in [0.05, 0.1) is 11.9 Å². The number of sulfonamides is 1. The van der Waals surface area contributed by atoms with Crippen molar-refractivity contribution in [3.05, 3.63) is 34.1 Å². The molecule has 0 radical (unpaired) electrons. The van der Waals surface area contributed by atoms with Crippen LogP contribution < -0.4 is 9.62 Å². The van der Waals surface area contributed by atoms with Gasteiger partial charge in [0.2, 0.25) is 0 Å². The fourth-order valence-electron chi connectivity index (χ4n) is 4.46. The van der Waals surface area contributed by atoms with Gasteiger partial charge in [-0.3, -0.25) is 4.72 Å². The van der Waals surface area contributed by atoms with Crippen LogP contribution in [0.2, 0.25) is 5.02 Å². The second kappa shape index (κ2) is 8.66. The first-order valence-electron chi connectivity index (χ1n) is 10.2. The second-order valence-corrected chi connectivity index (χ2v) is 12.1. The lowest BCUT2D eigenvalue weighted by molar-refractivity contribution is 0.257. The Labute approximate surface area is 194 Å². The molecule has 0 aliphatic carbocycles. The van der Waals surface area contributed by atoms with Crippen LogP contribution in [-0.4, -0.2) is 51.0 Å². The summed E-state index contributed by atoms with van der Waals surface area (Å²) in [4.78, 5) is 6.51. The summed E-state index contributed by atoms with van der Waals surface area (Å²) in [6.45, 7) is 8.61. The number of hydrogen-bond donors (Lipinski definition) is 1. The number of aromatic nitrogens is 1. The van der Waals surface area contributed by atoms with Crippen molar-refractivity contribution in [2.75, 3.05) is 42.3 Å². The Morgan fingerprint density at radius 1 is 1.31 bits per heavy atom. The number of likely N-dealkylation sites (tertiary alicyclic amines) is 1. The van der Waals surface area contributed by atoms with Crippen LogP contribution in [0.5, 0.6) is 0 Å². The van der Waals surface area contributed by atoms with E-state index in [9.17, 15) is 21.6 Å². The fourth-order valence-corrected chi connectivity index (χ4v) is 6.71. The first-order chi connectivity index (χ1) is 14.9. The number of hydrogen-bond acceptors (Lipinski definition) is 6. The number of thiazole rings is 1. The molecule has 0 amide bonds. The Kier molecular flexibility index (Phi) is 6.38. The zero-order chi connectivity index (χ0) is 23.3. The highest BCUT2D eigenvalue weighted by molar-refractivity contribution is 7.93. The number of nitrogens with one attached hydrogen (secondary N) is 1. The maximum absolute atomic E-state index is 15.0. The molecule has 2 saturated heterocycles. The molecule has 1 atom stereocenters. The van der Waals surface area contributed by atoms with Crippen molar-refractivity contribution in [1.82, 2.24) is 9.88 Å². The molecule has 1 aromatic carbocycles. The highest BCUT2D eigenvalue weighted by atomic mass is 35.5. The van der Waals surface area contributed by atoms with Crippen LogP contribution in [0.3, 0.4) is 0 Å². The molecule has 176 valence electrons. The number of halogens is 4. The summed E-state index contributed by atoms with van der Waals surface area (Å²) in [7, 11) is -4.69. The highest BCUT2D eigenvalue weighted by Gasteiger charge is 2.35. The fraction of sp³-hybridized carbons (Fsp3) is 0.550. The minimum atomic E-state index is -4.69. The van der Waals surface area contributed by atoms with Gasteiger partial charge in [0, 0.05) is 32.2 Å². The Bertz CT molecular complexity index is 1130. The lowest BCUT2D eigenvalue weighted by Crippen LogP contribution is -2.31. The highest BCUT2D eigenvalue weighted by Crippen LogP contribution is 2.38. The van der Waals surface area contributed by atoms with Gasteiger partial charge < -0.3 is 9.80 Å². The van der Waals surface area contributed by atoms with Crippen LogP contribution in [0.4, 0.5) is 24.0 Å². The van der Waals surface area contributed by atoms with E-state index in [-0.39, 0.29) is 10.8 Å². The third-order valence-electron chi connectivity index (χ3n) is 5.96. The summed E-state index contributed by atoms with van der Waals surface area (Å²) < 4.78 is 69.8. The lowest BCUT2D eigenvalue weighted by atomic mass is 9.93. The molecular formula is C20H24ClF3N4O2S2. The SMILES string of the molecule is CC1(C)CCN(CC2CCN(c3cc(F)c(S(=O)(=O)Nc4ncc(F)s4)c(F)c3Cl)C2)C1. The van der Waals surface area contributed by atoms with E-state index in [0.717, 1.165) is 44.7 Å². The molecule has 12 heteroatoms. The normalized spacial score (nSPS) is 21.4. The minimum absolute atomic E-state index is 0.130. The van der Waals surface area contributed by atoms with Crippen molar-refractivity contribution in [1.29, 1.82) is 0 Å². The first-order valence-corrected chi connectivity index (χ1v) is 12.9. The van der Waals surface area contributed by atoms with Crippen LogP contribution in [-0.2, 0) is 10.0 Å². The molecule has 2 aromatic rings. The molecule has 0 saturated carbocycles. The average Bonchev–Trinajstić information content (AvgIpc) is 3.39. The Morgan fingerprint density at radius 2 is 2.06 bits per heavy atom. The number of benzene rings is 1. The molecule has 32 heavy (non-hydrogen) atoms. The van der Waals surface area contributed by atoms with E-state index in [1.807, 2.05) is 4.72 Å². The van der Waals surface area contributed by atoms with E-state index in [1.165, 1.54) is 0 Å². The smallest absolute Gasteiger partial charge is 0.269 e. The monoisotopic (exact) mass is 508 g/mol. The van der Waals surface area contributed by atoms with E-state index in [2.05, 4.69) is 23.7 Å². The lowest BCUT2D eigenvalue weighted by Gasteiger charge is -2.24. The van der Waals surface area contributed by atoms with Gasteiger partial charge in [0.25, 0.3) is 10.0 Å². The van der Waals surface area contributed by atoms with Gasteiger partial charge in [-0.05, 0) is 30.7 Å². The van der Waals surface area contributed by atoms with Gasteiger partial charge in [-0.1, -0.05) is 36.8 Å². The van der Waals surface area contributed by atoms with E-state index in [1.54, 1.807) is 4.90 Å². The third kappa shape index (κ3) is 4.85. The average molecular weight is 509 g/mol. The van der Waals surface area contributed by atoms with Crippen LogP contribution >= 0.6 is 22.9 Å². The van der Waals surface area contributed by atoms with Crippen molar-refractivity contribution >= 4 is 43.8 Å². The first kappa shape index (κ1) is 23.6. The number of rotatable bonds is 6. The quantitative estimate of drug-likeness (QED) is 0.579. The largest absolute Gasteiger partial charge is 0.370 e. The summed E-state index contributed by atoms with van der Waals surface area (Å²) in [5.74, 6) is -2.32. The maximum Gasteiger partial charge on any atom is 0.269 e. The van der Waals surface area contributed by atoms with Gasteiger partial charge in [-0.15, -0.1) is 0 Å². The van der Waals surface area contributed by atoms with Crippen LogP contribution in [0.15, 0.2) is 17.2 Å².